The average molecular weight is 306 g/mol. The molecule has 1 heterocycles. The summed E-state index contributed by atoms with van der Waals surface area (Å²) in [5.74, 6) is 0.435. The van der Waals surface area contributed by atoms with Crippen LogP contribution in [0.15, 0.2) is 63.8 Å². The molecule has 114 valence electrons. The van der Waals surface area contributed by atoms with Crippen LogP contribution in [0, 0.1) is 11.3 Å². The molecule has 1 aromatic heterocycles. The van der Waals surface area contributed by atoms with Gasteiger partial charge in [-0.1, -0.05) is 30.3 Å². The van der Waals surface area contributed by atoms with Crippen LogP contribution in [-0.2, 0) is 6.61 Å². The minimum absolute atomic E-state index is 0.328. The van der Waals surface area contributed by atoms with E-state index in [1.807, 2.05) is 36.4 Å². The summed E-state index contributed by atoms with van der Waals surface area (Å²) in [6, 6.07) is 17.1. The van der Waals surface area contributed by atoms with Gasteiger partial charge in [0.1, 0.15) is 24.0 Å². The van der Waals surface area contributed by atoms with Crippen molar-refractivity contribution in [1.29, 1.82) is 5.26 Å². The highest BCUT2D eigenvalue weighted by Crippen LogP contribution is 2.29. The van der Waals surface area contributed by atoms with Crippen molar-refractivity contribution >= 4 is 11.0 Å². The van der Waals surface area contributed by atoms with Crippen LogP contribution in [0.5, 0.6) is 5.75 Å². The number of hydrogen-bond acceptors (Lipinski definition) is 5. The molecule has 3 rings (SSSR count). The Labute approximate surface area is 132 Å². The fourth-order valence-corrected chi connectivity index (χ4v) is 2.29. The molecule has 5 heteroatoms. The van der Waals surface area contributed by atoms with Gasteiger partial charge in [0.25, 0.3) is 0 Å². The number of hydrogen-bond donors (Lipinski definition) is 1. The topological polar surface area (TPSA) is 89.2 Å². The van der Waals surface area contributed by atoms with Crippen molar-refractivity contribution in [3.05, 3.63) is 76.1 Å². The molecule has 1 atom stereocenters. The van der Waals surface area contributed by atoms with E-state index in [1.54, 1.807) is 18.2 Å². The van der Waals surface area contributed by atoms with E-state index < -0.39 is 11.7 Å². The molecule has 1 unspecified atom stereocenters. The molecule has 0 aliphatic carbocycles. The molecule has 0 spiro atoms. The molecule has 5 nitrogen and oxygen atoms in total. The third-order valence-corrected chi connectivity index (χ3v) is 3.46. The van der Waals surface area contributed by atoms with Crippen LogP contribution < -0.4 is 16.1 Å². The van der Waals surface area contributed by atoms with Crippen LogP contribution in [0.2, 0.25) is 0 Å². The molecule has 0 fully saturated rings. The van der Waals surface area contributed by atoms with Crippen molar-refractivity contribution < 1.29 is 9.15 Å². The monoisotopic (exact) mass is 306 g/mol. The van der Waals surface area contributed by atoms with Crippen molar-refractivity contribution in [3.8, 4) is 11.8 Å². The molecule has 0 aliphatic rings. The summed E-state index contributed by atoms with van der Waals surface area (Å²) in [4.78, 5) is 11.4. The van der Waals surface area contributed by atoms with Gasteiger partial charge >= 0.3 is 5.63 Å². The Bertz CT molecular complexity index is 926. The summed E-state index contributed by atoms with van der Waals surface area (Å²) in [6.07, 6.45) is 0. The number of nitrogens with two attached hydrogens (primary N) is 1. The lowest BCUT2D eigenvalue weighted by atomic mass is 10.0. The second-order valence-corrected chi connectivity index (χ2v) is 5.06. The highest BCUT2D eigenvalue weighted by molar-refractivity contribution is 5.79. The van der Waals surface area contributed by atoms with Gasteiger partial charge in [-0.25, -0.2) is 4.79 Å². The third-order valence-electron chi connectivity index (χ3n) is 3.46. The summed E-state index contributed by atoms with van der Waals surface area (Å²) in [7, 11) is 0. The van der Waals surface area contributed by atoms with Crippen molar-refractivity contribution in [2.75, 3.05) is 0 Å². The van der Waals surface area contributed by atoms with Crippen LogP contribution in [0.1, 0.15) is 17.2 Å². The Balaban J connectivity index is 2.01. The number of nitriles is 1. The Morgan fingerprint density at radius 2 is 1.96 bits per heavy atom. The smallest absolute Gasteiger partial charge is 0.336 e. The first-order valence-electron chi connectivity index (χ1n) is 7.07. The molecule has 2 aromatic carbocycles. The Morgan fingerprint density at radius 1 is 1.17 bits per heavy atom. The molecule has 3 aromatic rings. The van der Waals surface area contributed by atoms with Gasteiger partial charge in [-0.3, -0.25) is 0 Å². The van der Waals surface area contributed by atoms with Crippen LogP contribution in [-0.4, -0.2) is 0 Å². The summed E-state index contributed by atoms with van der Waals surface area (Å²) >= 11 is 0. The molecule has 0 bridgehead atoms. The highest BCUT2D eigenvalue weighted by Gasteiger charge is 2.14. The van der Waals surface area contributed by atoms with Gasteiger partial charge in [0.05, 0.1) is 6.07 Å². The largest absolute Gasteiger partial charge is 0.488 e. The first-order chi connectivity index (χ1) is 11.2. The maximum atomic E-state index is 11.4. The fourth-order valence-electron chi connectivity index (χ4n) is 2.29. The number of rotatable bonds is 4. The van der Waals surface area contributed by atoms with Gasteiger partial charge in [-0.15, -0.1) is 0 Å². The molecule has 0 amide bonds. The standard InChI is InChI=1S/C18H14N2O3/c19-10-15(20)14-8-13-6-7-18(21)23-16(13)9-17(14)22-11-12-4-2-1-3-5-12/h1-9,15H,11,20H2. The minimum Gasteiger partial charge on any atom is -0.488 e. The first kappa shape index (κ1) is 14.8. The molecule has 0 saturated carbocycles. The normalized spacial score (nSPS) is 11.8. The van der Waals surface area contributed by atoms with Crippen LogP contribution in [0.4, 0.5) is 0 Å². The van der Waals surface area contributed by atoms with Crippen molar-refractivity contribution in [3.63, 3.8) is 0 Å². The second-order valence-electron chi connectivity index (χ2n) is 5.06. The molecule has 2 N–H and O–H groups in total. The van der Waals surface area contributed by atoms with E-state index in [-0.39, 0.29) is 0 Å². The lowest BCUT2D eigenvalue weighted by molar-refractivity contribution is 0.302. The number of ether oxygens (including phenoxy) is 1. The summed E-state index contributed by atoms with van der Waals surface area (Å²) in [6.45, 7) is 0.328. The van der Waals surface area contributed by atoms with E-state index in [0.29, 0.717) is 28.9 Å². The zero-order chi connectivity index (χ0) is 16.2. The quantitative estimate of drug-likeness (QED) is 0.749. The Kier molecular flexibility index (Phi) is 4.09. The number of fused-ring (bicyclic) bond motifs is 1. The lowest BCUT2D eigenvalue weighted by Crippen LogP contribution is -2.10. The zero-order valence-electron chi connectivity index (χ0n) is 12.2. The molecular formula is C18H14N2O3. The van der Waals surface area contributed by atoms with E-state index in [4.69, 9.17) is 20.1 Å². The number of benzene rings is 2. The first-order valence-corrected chi connectivity index (χ1v) is 7.07. The maximum absolute atomic E-state index is 11.4. The minimum atomic E-state index is -0.822. The van der Waals surface area contributed by atoms with E-state index >= 15 is 0 Å². The molecule has 0 saturated heterocycles. The van der Waals surface area contributed by atoms with Crippen molar-refractivity contribution in [1.82, 2.24) is 0 Å². The Morgan fingerprint density at radius 3 is 2.70 bits per heavy atom. The van der Waals surface area contributed by atoms with E-state index in [2.05, 4.69) is 0 Å². The van der Waals surface area contributed by atoms with Crippen LogP contribution >= 0.6 is 0 Å². The summed E-state index contributed by atoms with van der Waals surface area (Å²) in [5, 5.41) is 9.80. The van der Waals surface area contributed by atoms with Gasteiger partial charge in [0.2, 0.25) is 0 Å². The second kappa shape index (κ2) is 6.34. The molecular weight excluding hydrogens is 292 g/mol. The van der Waals surface area contributed by atoms with E-state index in [0.717, 1.165) is 5.56 Å². The van der Waals surface area contributed by atoms with Crippen molar-refractivity contribution in [2.45, 2.75) is 12.6 Å². The van der Waals surface area contributed by atoms with Gasteiger partial charge < -0.3 is 14.9 Å². The van der Waals surface area contributed by atoms with Gasteiger partial charge in [-0.2, -0.15) is 5.26 Å². The van der Waals surface area contributed by atoms with Crippen LogP contribution in [0.3, 0.4) is 0 Å². The molecule has 23 heavy (non-hydrogen) atoms. The predicted octanol–water partition coefficient (Wildman–Crippen LogP) is 2.90. The summed E-state index contributed by atoms with van der Waals surface area (Å²) < 4.78 is 11.0. The maximum Gasteiger partial charge on any atom is 0.336 e. The zero-order valence-corrected chi connectivity index (χ0v) is 12.2. The van der Waals surface area contributed by atoms with Gasteiger partial charge in [0, 0.05) is 23.1 Å². The molecule has 0 radical (unpaired) electrons. The van der Waals surface area contributed by atoms with E-state index in [9.17, 15) is 4.79 Å². The van der Waals surface area contributed by atoms with Gasteiger partial charge in [-0.05, 0) is 17.7 Å². The van der Waals surface area contributed by atoms with E-state index in [1.165, 1.54) is 6.07 Å². The SMILES string of the molecule is N#CC(N)c1cc2ccc(=O)oc2cc1OCc1ccccc1. The Hall–Kier alpha value is -3.10. The van der Waals surface area contributed by atoms with Crippen molar-refractivity contribution in [2.24, 2.45) is 5.73 Å². The van der Waals surface area contributed by atoms with Gasteiger partial charge in [0.15, 0.2) is 0 Å². The fraction of sp³-hybridized carbons (Fsp3) is 0.111. The summed E-state index contributed by atoms with van der Waals surface area (Å²) in [5.41, 5.74) is 7.35. The predicted molar refractivity (Wildman–Crippen MR) is 85.8 cm³/mol. The highest BCUT2D eigenvalue weighted by atomic mass is 16.5. The number of nitrogens with zero attached hydrogens (tertiary/aromatic N) is 1. The lowest BCUT2D eigenvalue weighted by Gasteiger charge is -2.14. The van der Waals surface area contributed by atoms with Crippen LogP contribution in [0.25, 0.3) is 11.0 Å². The average Bonchev–Trinajstić information content (AvgIpc) is 2.59. The molecule has 0 aliphatic heterocycles. The third kappa shape index (κ3) is 3.23.